The Morgan fingerprint density at radius 3 is 2.47 bits per heavy atom. The smallest absolute Gasteiger partial charge is 0.191 e. The van der Waals surface area contributed by atoms with Crippen molar-refractivity contribution in [1.29, 1.82) is 0 Å². The van der Waals surface area contributed by atoms with Crippen molar-refractivity contribution in [1.82, 2.24) is 10.6 Å². The zero-order valence-electron chi connectivity index (χ0n) is 11.2. The highest BCUT2D eigenvalue weighted by molar-refractivity contribution is 5.79. The van der Waals surface area contributed by atoms with Crippen molar-refractivity contribution in [2.24, 2.45) is 4.99 Å². The molecule has 0 aliphatic heterocycles. The lowest BCUT2D eigenvalue weighted by molar-refractivity contribution is 0.624. The van der Waals surface area contributed by atoms with Crippen LogP contribution in [0.15, 0.2) is 29.3 Å². The first kappa shape index (κ1) is 13.6. The normalized spacial score (nSPS) is 13.3. The minimum atomic E-state index is 0.444. The lowest BCUT2D eigenvalue weighted by atomic mass is 10.1. The molecule has 0 spiro atoms. The van der Waals surface area contributed by atoms with Crippen LogP contribution in [0.2, 0.25) is 0 Å². The quantitative estimate of drug-likeness (QED) is 0.619. The number of benzene rings is 1. The van der Waals surface area contributed by atoms with E-state index in [1.54, 1.807) is 7.05 Å². The summed E-state index contributed by atoms with van der Waals surface area (Å²) in [6.45, 7) is 7.21. The van der Waals surface area contributed by atoms with Gasteiger partial charge in [-0.05, 0) is 25.8 Å². The van der Waals surface area contributed by atoms with Crippen LogP contribution in [-0.4, -0.2) is 19.0 Å². The summed E-state index contributed by atoms with van der Waals surface area (Å²) in [5, 5.41) is 6.65. The van der Waals surface area contributed by atoms with Crippen LogP contribution >= 0.6 is 0 Å². The van der Waals surface area contributed by atoms with Crippen molar-refractivity contribution in [3.05, 3.63) is 35.4 Å². The number of nitrogens with one attached hydrogen (secondary N) is 2. The molecule has 0 radical (unpaired) electrons. The molecule has 0 amide bonds. The Balaban J connectivity index is 2.45. The Labute approximate surface area is 104 Å². The molecule has 1 rings (SSSR count). The van der Waals surface area contributed by atoms with Crippen LogP contribution in [-0.2, 0) is 6.54 Å². The van der Waals surface area contributed by atoms with Crippen LogP contribution in [0.25, 0.3) is 0 Å². The number of guanidine groups is 1. The Kier molecular flexibility index (Phi) is 5.53. The van der Waals surface area contributed by atoms with Gasteiger partial charge in [-0.1, -0.05) is 36.8 Å². The SMILES string of the molecule is CCC(C)NC(=NC)NCc1ccc(C)cc1. The summed E-state index contributed by atoms with van der Waals surface area (Å²) in [6.07, 6.45) is 1.09. The Bertz CT molecular complexity index is 354. The topological polar surface area (TPSA) is 36.4 Å². The van der Waals surface area contributed by atoms with E-state index in [9.17, 15) is 0 Å². The van der Waals surface area contributed by atoms with E-state index in [0.29, 0.717) is 6.04 Å². The molecule has 1 aromatic rings. The third kappa shape index (κ3) is 4.89. The van der Waals surface area contributed by atoms with Gasteiger partial charge in [-0.3, -0.25) is 4.99 Å². The second kappa shape index (κ2) is 6.94. The van der Waals surface area contributed by atoms with Gasteiger partial charge in [0.1, 0.15) is 0 Å². The van der Waals surface area contributed by atoms with Gasteiger partial charge in [-0.25, -0.2) is 0 Å². The molecule has 2 N–H and O–H groups in total. The molecule has 0 fully saturated rings. The maximum atomic E-state index is 4.20. The lowest BCUT2D eigenvalue weighted by Crippen LogP contribution is -2.41. The van der Waals surface area contributed by atoms with Crippen LogP contribution < -0.4 is 10.6 Å². The van der Waals surface area contributed by atoms with Crippen molar-refractivity contribution in [3.8, 4) is 0 Å². The van der Waals surface area contributed by atoms with Gasteiger partial charge in [-0.15, -0.1) is 0 Å². The average Bonchev–Trinajstić information content (AvgIpc) is 2.36. The molecule has 94 valence electrons. The van der Waals surface area contributed by atoms with Crippen molar-refractivity contribution in [3.63, 3.8) is 0 Å². The fraction of sp³-hybridized carbons (Fsp3) is 0.500. The molecule has 0 aliphatic carbocycles. The predicted octanol–water partition coefficient (Wildman–Crippen LogP) is 2.46. The van der Waals surface area contributed by atoms with Crippen molar-refractivity contribution in [2.75, 3.05) is 7.05 Å². The summed E-state index contributed by atoms with van der Waals surface area (Å²) in [7, 11) is 1.80. The van der Waals surface area contributed by atoms with Gasteiger partial charge in [0.05, 0.1) is 0 Å². The van der Waals surface area contributed by atoms with Crippen LogP contribution in [0.5, 0.6) is 0 Å². The molecule has 0 aliphatic rings. The van der Waals surface area contributed by atoms with Gasteiger partial charge in [0, 0.05) is 19.6 Å². The number of rotatable bonds is 4. The lowest BCUT2D eigenvalue weighted by Gasteiger charge is -2.16. The molecule has 17 heavy (non-hydrogen) atoms. The third-order valence-corrected chi connectivity index (χ3v) is 2.80. The van der Waals surface area contributed by atoms with E-state index in [1.807, 2.05) is 0 Å². The largest absolute Gasteiger partial charge is 0.354 e. The summed E-state index contributed by atoms with van der Waals surface area (Å²) >= 11 is 0. The molecule has 1 aromatic carbocycles. The van der Waals surface area contributed by atoms with E-state index in [1.165, 1.54) is 11.1 Å². The number of nitrogens with zero attached hydrogens (tertiary/aromatic N) is 1. The molecule has 0 aromatic heterocycles. The van der Waals surface area contributed by atoms with Gasteiger partial charge in [0.25, 0.3) is 0 Å². The zero-order valence-corrected chi connectivity index (χ0v) is 11.2. The minimum absolute atomic E-state index is 0.444. The highest BCUT2D eigenvalue weighted by Gasteiger charge is 2.02. The first-order chi connectivity index (χ1) is 8.15. The number of hydrogen-bond donors (Lipinski definition) is 2. The molecule has 3 heteroatoms. The molecule has 3 nitrogen and oxygen atoms in total. The Morgan fingerprint density at radius 2 is 1.94 bits per heavy atom. The van der Waals surface area contributed by atoms with E-state index in [2.05, 4.69) is 60.7 Å². The van der Waals surface area contributed by atoms with Gasteiger partial charge >= 0.3 is 0 Å². The highest BCUT2D eigenvalue weighted by atomic mass is 15.2. The minimum Gasteiger partial charge on any atom is -0.354 e. The average molecular weight is 233 g/mol. The fourth-order valence-corrected chi connectivity index (χ4v) is 1.42. The Morgan fingerprint density at radius 1 is 1.29 bits per heavy atom. The van der Waals surface area contributed by atoms with Crippen LogP contribution in [0, 0.1) is 6.92 Å². The summed E-state index contributed by atoms with van der Waals surface area (Å²) < 4.78 is 0. The van der Waals surface area contributed by atoms with E-state index < -0.39 is 0 Å². The van der Waals surface area contributed by atoms with Crippen LogP contribution in [0.3, 0.4) is 0 Å². The summed E-state index contributed by atoms with van der Waals surface area (Å²) in [6, 6.07) is 8.97. The molecule has 1 unspecified atom stereocenters. The van der Waals surface area contributed by atoms with E-state index in [0.717, 1.165) is 18.9 Å². The van der Waals surface area contributed by atoms with Gasteiger partial charge in [0.15, 0.2) is 5.96 Å². The molecule has 0 heterocycles. The summed E-state index contributed by atoms with van der Waals surface area (Å²) in [4.78, 5) is 4.20. The molecule has 1 atom stereocenters. The van der Waals surface area contributed by atoms with Crippen molar-refractivity contribution in [2.45, 2.75) is 39.8 Å². The number of aryl methyl sites for hydroxylation is 1. The number of hydrogen-bond acceptors (Lipinski definition) is 1. The second-order valence-electron chi connectivity index (χ2n) is 4.36. The number of aliphatic imine (C=N–C) groups is 1. The highest BCUT2D eigenvalue weighted by Crippen LogP contribution is 2.02. The third-order valence-electron chi connectivity index (χ3n) is 2.80. The maximum absolute atomic E-state index is 4.20. The second-order valence-corrected chi connectivity index (χ2v) is 4.36. The van der Waals surface area contributed by atoms with Gasteiger partial charge in [-0.2, -0.15) is 0 Å². The van der Waals surface area contributed by atoms with E-state index in [4.69, 9.17) is 0 Å². The maximum Gasteiger partial charge on any atom is 0.191 e. The Hall–Kier alpha value is -1.51. The molecule has 0 saturated heterocycles. The van der Waals surface area contributed by atoms with Gasteiger partial charge < -0.3 is 10.6 Å². The molecular formula is C14H23N3. The standard InChI is InChI=1S/C14H23N3/c1-5-12(3)17-14(15-4)16-10-13-8-6-11(2)7-9-13/h6-9,12H,5,10H2,1-4H3,(H2,15,16,17). The zero-order chi connectivity index (χ0) is 12.7. The summed E-state index contributed by atoms with van der Waals surface area (Å²) in [5.74, 6) is 0.861. The molecular weight excluding hydrogens is 210 g/mol. The summed E-state index contributed by atoms with van der Waals surface area (Å²) in [5.41, 5.74) is 2.55. The van der Waals surface area contributed by atoms with Crippen LogP contribution in [0.4, 0.5) is 0 Å². The van der Waals surface area contributed by atoms with E-state index >= 15 is 0 Å². The van der Waals surface area contributed by atoms with Crippen LogP contribution in [0.1, 0.15) is 31.4 Å². The van der Waals surface area contributed by atoms with Gasteiger partial charge in [0.2, 0.25) is 0 Å². The first-order valence-electron chi connectivity index (χ1n) is 6.18. The van der Waals surface area contributed by atoms with Crippen molar-refractivity contribution >= 4 is 5.96 Å². The molecule has 0 bridgehead atoms. The van der Waals surface area contributed by atoms with E-state index in [-0.39, 0.29) is 0 Å². The fourth-order valence-electron chi connectivity index (χ4n) is 1.42. The van der Waals surface area contributed by atoms with Crippen molar-refractivity contribution < 1.29 is 0 Å². The first-order valence-corrected chi connectivity index (χ1v) is 6.18. The monoisotopic (exact) mass is 233 g/mol. The molecule has 0 saturated carbocycles. The predicted molar refractivity (Wildman–Crippen MR) is 74.3 cm³/mol.